The van der Waals surface area contributed by atoms with Gasteiger partial charge in [0.25, 0.3) is 0 Å². The molecular formula is C6H4IN3. The predicted molar refractivity (Wildman–Crippen MR) is 45.7 cm³/mol. The van der Waals surface area contributed by atoms with Gasteiger partial charge in [0.2, 0.25) is 0 Å². The van der Waals surface area contributed by atoms with E-state index < -0.39 is 0 Å². The first kappa shape index (κ1) is 6.09. The van der Waals surface area contributed by atoms with Crippen LogP contribution in [0.15, 0.2) is 24.8 Å². The van der Waals surface area contributed by atoms with E-state index in [9.17, 15) is 0 Å². The summed E-state index contributed by atoms with van der Waals surface area (Å²) in [6.45, 7) is 0. The van der Waals surface area contributed by atoms with Crippen molar-refractivity contribution >= 4 is 28.1 Å². The Morgan fingerprint density at radius 2 is 2.40 bits per heavy atom. The predicted octanol–water partition coefficient (Wildman–Crippen LogP) is 1.33. The van der Waals surface area contributed by atoms with Crippen molar-refractivity contribution in [3.8, 4) is 0 Å². The van der Waals surface area contributed by atoms with E-state index in [0.717, 1.165) is 9.09 Å². The standard InChI is InChI=1S/C6H4IN3/c7-5-3-9-10-4-8-2-1-6(5)10/h1-4H. The second kappa shape index (κ2) is 2.19. The van der Waals surface area contributed by atoms with Crippen LogP contribution in [0.4, 0.5) is 0 Å². The van der Waals surface area contributed by atoms with Crippen LogP contribution >= 0.6 is 22.6 Å². The molecule has 2 rings (SSSR count). The Labute approximate surface area is 71.2 Å². The minimum atomic E-state index is 1.11. The molecule has 0 aliphatic heterocycles. The van der Waals surface area contributed by atoms with Crippen LogP contribution < -0.4 is 0 Å². The van der Waals surface area contributed by atoms with Crippen molar-refractivity contribution < 1.29 is 0 Å². The van der Waals surface area contributed by atoms with Crippen molar-refractivity contribution in [3.63, 3.8) is 0 Å². The van der Waals surface area contributed by atoms with E-state index >= 15 is 0 Å². The summed E-state index contributed by atoms with van der Waals surface area (Å²) in [5, 5.41) is 4.06. The Morgan fingerprint density at radius 3 is 3.20 bits per heavy atom. The molecule has 0 fully saturated rings. The highest BCUT2D eigenvalue weighted by Crippen LogP contribution is 2.10. The average molecular weight is 245 g/mol. The van der Waals surface area contributed by atoms with Gasteiger partial charge >= 0.3 is 0 Å². The fourth-order valence-electron chi connectivity index (χ4n) is 0.814. The zero-order valence-electron chi connectivity index (χ0n) is 5.03. The number of halogens is 1. The SMILES string of the molecule is Ic1cnn2cnccc12. The maximum absolute atomic E-state index is 4.06. The third kappa shape index (κ3) is 0.792. The Morgan fingerprint density at radius 1 is 1.50 bits per heavy atom. The molecule has 0 aliphatic rings. The zero-order valence-corrected chi connectivity index (χ0v) is 7.19. The van der Waals surface area contributed by atoms with Crippen LogP contribution in [0.25, 0.3) is 5.52 Å². The number of nitrogens with zero attached hydrogens (tertiary/aromatic N) is 3. The molecule has 0 atom stereocenters. The number of hydrogen-bond acceptors (Lipinski definition) is 2. The Bertz CT molecular complexity index is 355. The molecule has 0 aromatic carbocycles. The minimum Gasteiger partial charge on any atom is -0.245 e. The molecule has 0 saturated carbocycles. The first-order valence-electron chi connectivity index (χ1n) is 2.81. The van der Waals surface area contributed by atoms with Gasteiger partial charge in [-0.15, -0.1) is 0 Å². The highest BCUT2D eigenvalue weighted by atomic mass is 127. The van der Waals surface area contributed by atoms with Crippen molar-refractivity contribution in [3.05, 3.63) is 28.4 Å². The van der Waals surface area contributed by atoms with Crippen molar-refractivity contribution in [1.82, 2.24) is 14.6 Å². The van der Waals surface area contributed by atoms with Gasteiger partial charge in [0.05, 0.1) is 15.3 Å². The van der Waals surface area contributed by atoms with E-state index in [1.807, 2.05) is 12.3 Å². The van der Waals surface area contributed by atoms with Gasteiger partial charge in [-0.05, 0) is 28.7 Å². The highest BCUT2D eigenvalue weighted by Gasteiger charge is 1.96. The Balaban J connectivity index is 2.93. The molecule has 0 N–H and O–H groups in total. The molecule has 2 aromatic heterocycles. The molecule has 4 heteroatoms. The van der Waals surface area contributed by atoms with Crippen molar-refractivity contribution in [2.75, 3.05) is 0 Å². The van der Waals surface area contributed by atoms with Gasteiger partial charge in [-0.25, -0.2) is 9.50 Å². The molecule has 10 heavy (non-hydrogen) atoms. The van der Waals surface area contributed by atoms with E-state index in [1.54, 1.807) is 17.0 Å². The third-order valence-electron chi connectivity index (χ3n) is 1.28. The van der Waals surface area contributed by atoms with Crippen LogP contribution in [0.3, 0.4) is 0 Å². The molecule has 50 valence electrons. The van der Waals surface area contributed by atoms with Gasteiger partial charge in [0, 0.05) is 6.20 Å². The lowest BCUT2D eigenvalue weighted by molar-refractivity contribution is 0.921. The van der Waals surface area contributed by atoms with Crippen LogP contribution in [0, 0.1) is 3.57 Å². The number of rotatable bonds is 0. The lowest BCUT2D eigenvalue weighted by Gasteiger charge is -1.87. The molecule has 0 radical (unpaired) electrons. The molecule has 0 spiro atoms. The van der Waals surface area contributed by atoms with Crippen LogP contribution in [-0.2, 0) is 0 Å². The first-order chi connectivity index (χ1) is 4.88. The van der Waals surface area contributed by atoms with E-state index in [1.165, 1.54) is 0 Å². The first-order valence-corrected chi connectivity index (χ1v) is 3.88. The highest BCUT2D eigenvalue weighted by molar-refractivity contribution is 14.1. The summed E-state index contributed by atoms with van der Waals surface area (Å²) in [4.78, 5) is 3.92. The van der Waals surface area contributed by atoms with Gasteiger partial charge < -0.3 is 0 Å². The molecule has 0 amide bonds. The maximum Gasteiger partial charge on any atom is 0.117 e. The van der Waals surface area contributed by atoms with Crippen molar-refractivity contribution in [2.24, 2.45) is 0 Å². The monoisotopic (exact) mass is 245 g/mol. The molecule has 2 aromatic rings. The smallest absolute Gasteiger partial charge is 0.117 e. The lowest BCUT2D eigenvalue weighted by Crippen LogP contribution is -1.85. The Kier molecular flexibility index (Phi) is 1.33. The zero-order chi connectivity index (χ0) is 6.97. The van der Waals surface area contributed by atoms with Gasteiger partial charge in [-0.1, -0.05) is 0 Å². The largest absolute Gasteiger partial charge is 0.245 e. The number of hydrogen-bond donors (Lipinski definition) is 0. The quantitative estimate of drug-likeness (QED) is 0.655. The molecule has 0 bridgehead atoms. The summed E-state index contributed by atoms with van der Waals surface area (Å²) in [5.41, 5.74) is 1.11. The van der Waals surface area contributed by atoms with E-state index in [4.69, 9.17) is 0 Å². The summed E-state index contributed by atoms with van der Waals surface area (Å²) in [7, 11) is 0. The third-order valence-corrected chi connectivity index (χ3v) is 2.11. The van der Waals surface area contributed by atoms with Crippen molar-refractivity contribution in [1.29, 1.82) is 0 Å². The number of aromatic nitrogens is 3. The average Bonchev–Trinajstić information content (AvgIpc) is 2.34. The van der Waals surface area contributed by atoms with Crippen LogP contribution in [0.5, 0.6) is 0 Å². The van der Waals surface area contributed by atoms with E-state index in [0.29, 0.717) is 0 Å². The summed E-state index contributed by atoms with van der Waals surface area (Å²) in [5.74, 6) is 0. The molecular weight excluding hydrogens is 241 g/mol. The second-order valence-corrected chi connectivity index (χ2v) is 3.06. The number of fused-ring (bicyclic) bond motifs is 1. The molecule has 2 heterocycles. The van der Waals surface area contributed by atoms with Gasteiger partial charge in [0.1, 0.15) is 6.33 Å². The van der Waals surface area contributed by atoms with Gasteiger partial charge in [-0.2, -0.15) is 5.10 Å². The fourth-order valence-corrected chi connectivity index (χ4v) is 1.37. The fraction of sp³-hybridized carbons (Fsp3) is 0. The Hall–Kier alpha value is -0.650. The van der Waals surface area contributed by atoms with Crippen LogP contribution in [0.1, 0.15) is 0 Å². The minimum absolute atomic E-state index is 1.11. The summed E-state index contributed by atoms with van der Waals surface area (Å²) in [6.07, 6.45) is 5.27. The molecule has 0 saturated heterocycles. The summed E-state index contributed by atoms with van der Waals surface area (Å²) < 4.78 is 2.90. The van der Waals surface area contributed by atoms with Gasteiger partial charge in [-0.3, -0.25) is 0 Å². The van der Waals surface area contributed by atoms with Crippen molar-refractivity contribution in [2.45, 2.75) is 0 Å². The molecule has 3 nitrogen and oxygen atoms in total. The van der Waals surface area contributed by atoms with Gasteiger partial charge in [0.15, 0.2) is 0 Å². The summed E-state index contributed by atoms with van der Waals surface area (Å²) in [6, 6.07) is 1.94. The molecule has 0 aliphatic carbocycles. The van der Waals surface area contributed by atoms with Crippen LogP contribution in [0.2, 0.25) is 0 Å². The van der Waals surface area contributed by atoms with E-state index in [2.05, 4.69) is 32.7 Å². The second-order valence-electron chi connectivity index (χ2n) is 1.90. The summed E-state index contributed by atoms with van der Waals surface area (Å²) >= 11 is 2.24. The normalized spacial score (nSPS) is 10.5. The maximum atomic E-state index is 4.06. The van der Waals surface area contributed by atoms with E-state index in [-0.39, 0.29) is 0 Å². The molecule has 0 unspecified atom stereocenters. The topological polar surface area (TPSA) is 30.2 Å². The lowest BCUT2D eigenvalue weighted by atomic mass is 10.5. The van der Waals surface area contributed by atoms with Crippen LogP contribution in [-0.4, -0.2) is 14.6 Å².